The minimum Gasteiger partial charge on any atom is -0.328 e. The molecule has 1 aliphatic rings. The normalized spacial score (nSPS) is 15.2. The van der Waals surface area contributed by atoms with Crippen molar-refractivity contribution in [2.45, 2.75) is 51.6 Å². The van der Waals surface area contributed by atoms with Gasteiger partial charge in [-0.2, -0.15) is 0 Å². The third kappa shape index (κ3) is 3.70. The molecule has 1 aliphatic heterocycles. The van der Waals surface area contributed by atoms with E-state index in [1.165, 1.54) is 6.42 Å². The van der Waals surface area contributed by atoms with Crippen molar-refractivity contribution in [1.82, 2.24) is 20.1 Å². The highest BCUT2D eigenvalue weighted by atomic mass is 35.5. The second-order valence-electron chi connectivity index (χ2n) is 5.98. The molecule has 0 spiro atoms. The first kappa shape index (κ1) is 16.8. The van der Waals surface area contributed by atoms with E-state index in [9.17, 15) is 4.79 Å². The monoisotopic (exact) mass is 347 g/mol. The van der Waals surface area contributed by atoms with Gasteiger partial charge in [-0.3, -0.25) is 0 Å². The third-order valence-electron chi connectivity index (χ3n) is 4.29. The highest BCUT2D eigenvalue weighted by Gasteiger charge is 2.22. The summed E-state index contributed by atoms with van der Waals surface area (Å²) in [5, 5.41) is 14.9. The molecule has 0 unspecified atom stereocenters. The fraction of sp³-hybridized carbons (Fsp3) is 0.471. The molecule has 1 aromatic carbocycles. The quantitative estimate of drug-likeness (QED) is 0.880. The molecule has 0 radical (unpaired) electrons. The van der Waals surface area contributed by atoms with Crippen molar-refractivity contribution in [2.24, 2.45) is 0 Å². The second kappa shape index (κ2) is 7.66. The number of aryl methyl sites for hydroxylation is 1. The molecule has 0 fully saturated rings. The average molecular weight is 348 g/mol. The van der Waals surface area contributed by atoms with Crippen LogP contribution in [0.3, 0.4) is 0 Å². The van der Waals surface area contributed by atoms with Gasteiger partial charge < -0.3 is 15.2 Å². The Morgan fingerprint density at radius 1 is 1.29 bits per heavy atom. The van der Waals surface area contributed by atoms with Gasteiger partial charge in [0, 0.05) is 13.0 Å². The number of nitrogens with zero attached hydrogens (tertiary/aromatic N) is 3. The number of carbonyl (C=O) groups is 1. The smallest absolute Gasteiger partial charge is 0.319 e. The topological polar surface area (TPSA) is 71.8 Å². The summed E-state index contributed by atoms with van der Waals surface area (Å²) in [7, 11) is 0. The maximum atomic E-state index is 12.3. The number of amides is 2. The Labute approximate surface area is 146 Å². The molecule has 1 atom stereocenters. The van der Waals surface area contributed by atoms with E-state index in [2.05, 4.69) is 25.4 Å². The summed E-state index contributed by atoms with van der Waals surface area (Å²) in [5.74, 6) is 1.86. The Morgan fingerprint density at radius 3 is 2.92 bits per heavy atom. The number of nitrogens with one attached hydrogen (secondary N) is 2. The first-order chi connectivity index (χ1) is 11.7. The van der Waals surface area contributed by atoms with Crippen molar-refractivity contribution in [3.8, 4) is 0 Å². The molecule has 0 aliphatic carbocycles. The molecule has 128 valence electrons. The van der Waals surface area contributed by atoms with Crippen LogP contribution in [0.15, 0.2) is 24.3 Å². The Bertz CT molecular complexity index is 715. The van der Waals surface area contributed by atoms with Gasteiger partial charge in [0.25, 0.3) is 0 Å². The summed E-state index contributed by atoms with van der Waals surface area (Å²) >= 11 is 6.08. The third-order valence-corrected chi connectivity index (χ3v) is 4.62. The number of halogens is 1. The standard InChI is InChI=1S/C17H22ClN5O/c1-2-13(16-22-21-15-10-4-3-7-11-23(15)16)19-17(24)20-14-9-6-5-8-12(14)18/h5-6,8-9,13H,2-4,7,10-11H2,1H3,(H2,19,20,24)/t13-/m0/s1. The van der Waals surface area contributed by atoms with E-state index in [1.54, 1.807) is 12.1 Å². The minimum absolute atomic E-state index is 0.174. The maximum absolute atomic E-state index is 12.3. The Kier molecular flexibility index (Phi) is 5.35. The average Bonchev–Trinajstić information content (AvgIpc) is 2.83. The SMILES string of the molecule is CC[C@H](NC(=O)Nc1ccccc1Cl)c1nnc2n1CCCCC2. The molecular weight excluding hydrogens is 326 g/mol. The molecule has 7 heteroatoms. The van der Waals surface area contributed by atoms with Crippen molar-refractivity contribution in [2.75, 3.05) is 5.32 Å². The second-order valence-corrected chi connectivity index (χ2v) is 6.38. The summed E-state index contributed by atoms with van der Waals surface area (Å²) in [5.41, 5.74) is 0.589. The van der Waals surface area contributed by atoms with E-state index in [0.29, 0.717) is 10.7 Å². The molecule has 2 heterocycles. The van der Waals surface area contributed by atoms with Gasteiger partial charge in [0.1, 0.15) is 5.82 Å². The minimum atomic E-state index is -0.291. The van der Waals surface area contributed by atoms with Crippen LogP contribution in [-0.4, -0.2) is 20.8 Å². The van der Waals surface area contributed by atoms with E-state index >= 15 is 0 Å². The number of aromatic nitrogens is 3. The Hall–Kier alpha value is -2.08. The van der Waals surface area contributed by atoms with Gasteiger partial charge in [0.05, 0.1) is 16.8 Å². The van der Waals surface area contributed by atoms with Crippen LogP contribution in [0.5, 0.6) is 0 Å². The molecular formula is C17H22ClN5O. The molecule has 3 rings (SSSR count). The van der Waals surface area contributed by atoms with Crippen LogP contribution in [0.2, 0.25) is 5.02 Å². The Morgan fingerprint density at radius 2 is 2.12 bits per heavy atom. The van der Waals surface area contributed by atoms with Gasteiger partial charge in [0.2, 0.25) is 0 Å². The summed E-state index contributed by atoms with van der Waals surface area (Å²) < 4.78 is 2.16. The van der Waals surface area contributed by atoms with Gasteiger partial charge >= 0.3 is 6.03 Å². The van der Waals surface area contributed by atoms with E-state index in [1.807, 2.05) is 19.1 Å². The maximum Gasteiger partial charge on any atom is 0.319 e. The highest BCUT2D eigenvalue weighted by Crippen LogP contribution is 2.22. The first-order valence-electron chi connectivity index (χ1n) is 8.43. The molecule has 2 amide bonds. The van der Waals surface area contributed by atoms with Crippen LogP contribution in [0, 0.1) is 0 Å². The lowest BCUT2D eigenvalue weighted by molar-refractivity contribution is 0.247. The van der Waals surface area contributed by atoms with E-state index in [-0.39, 0.29) is 12.1 Å². The number of hydrogen-bond donors (Lipinski definition) is 2. The summed E-state index contributed by atoms with van der Waals surface area (Å²) in [6, 6.07) is 6.70. The fourth-order valence-corrected chi connectivity index (χ4v) is 3.18. The highest BCUT2D eigenvalue weighted by molar-refractivity contribution is 6.33. The number of carbonyl (C=O) groups excluding carboxylic acids is 1. The zero-order valence-corrected chi connectivity index (χ0v) is 14.5. The fourth-order valence-electron chi connectivity index (χ4n) is 2.99. The van der Waals surface area contributed by atoms with Crippen LogP contribution in [0.1, 0.15) is 50.3 Å². The molecule has 0 saturated heterocycles. The number of anilines is 1. The Balaban J connectivity index is 1.72. The number of para-hydroxylation sites is 1. The van der Waals surface area contributed by atoms with Crippen LogP contribution in [-0.2, 0) is 13.0 Å². The van der Waals surface area contributed by atoms with E-state index in [4.69, 9.17) is 11.6 Å². The number of urea groups is 1. The lowest BCUT2D eigenvalue weighted by Crippen LogP contribution is -2.34. The van der Waals surface area contributed by atoms with Crippen LogP contribution < -0.4 is 10.6 Å². The molecule has 0 bridgehead atoms. The number of fused-ring (bicyclic) bond motifs is 1. The number of benzene rings is 1. The van der Waals surface area contributed by atoms with Crippen molar-refractivity contribution >= 4 is 23.3 Å². The van der Waals surface area contributed by atoms with Crippen molar-refractivity contribution < 1.29 is 4.79 Å². The van der Waals surface area contributed by atoms with Gasteiger partial charge in [-0.15, -0.1) is 10.2 Å². The predicted octanol–water partition coefficient (Wildman–Crippen LogP) is 3.93. The summed E-state index contributed by atoms with van der Waals surface area (Å²) in [4.78, 5) is 12.3. The van der Waals surface area contributed by atoms with E-state index in [0.717, 1.165) is 43.9 Å². The number of rotatable bonds is 4. The molecule has 2 N–H and O–H groups in total. The lowest BCUT2D eigenvalue weighted by atomic mass is 10.2. The van der Waals surface area contributed by atoms with Crippen molar-refractivity contribution in [1.29, 1.82) is 0 Å². The van der Waals surface area contributed by atoms with E-state index < -0.39 is 0 Å². The van der Waals surface area contributed by atoms with Crippen molar-refractivity contribution in [3.63, 3.8) is 0 Å². The zero-order valence-electron chi connectivity index (χ0n) is 13.8. The van der Waals surface area contributed by atoms with Crippen LogP contribution in [0.4, 0.5) is 10.5 Å². The van der Waals surface area contributed by atoms with Gasteiger partial charge in [-0.1, -0.05) is 37.1 Å². The van der Waals surface area contributed by atoms with Gasteiger partial charge in [-0.25, -0.2) is 4.79 Å². The van der Waals surface area contributed by atoms with Gasteiger partial charge in [-0.05, 0) is 31.4 Å². The molecule has 24 heavy (non-hydrogen) atoms. The van der Waals surface area contributed by atoms with Crippen molar-refractivity contribution in [3.05, 3.63) is 40.9 Å². The van der Waals surface area contributed by atoms with Gasteiger partial charge in [0.15, 0.2) is 5.82 Å². The summed E-state index contributed by atoms with van der Waals surface area (Å²) in [6.07, 6.45) is 5.18. The largest absolute Gasteiger partial charge is 0.328 e. The number of hydrogen-bond acceptors (Lipinski definition) is 3. The molecule has 6 nitrogen and oxygen atoms in total. The zero-order chi connectivity index (χ0) is 16.9. The predicted molar refractivity (Wildman–Crippen MR) is 94.2 cm³/mol. The molecule has 0 saturated carbocycles. The molecule has 1 aromatic heterocycles. The first-order valence-corrected chi connectivity index (χ1v) is 8.81. The molecule has 2 aromatic rings. The summed E-state index contributed by atoms with van der Waals surface area (Å²) in [6.45, 7) is 2.95. The van der Waals surface area contributed by atoms with Crippen LogP contribution >= 0.6 is 11.6 Å². The lowest BCUT2D eigenvalue weighted by Gasteiger charge is -2.18. The van der Waals surface area contributed by atoms with Crippen LogP contribution in [0.25, 0.3) is 0 Å².